The molecule has 0 aliphatic heterocycles. The molecule has 0 spiro atoms. The molecule has 0 radical (unpaired) electrons. The number of aromatic nitrogens is 1. The molecule has 0 aliphatic rings. The van der Waals surface area contributed by atoms with Crippen LogP contribution in [0.3, 0.4) is 0 Å². The predicted molar refractivity (Wildman–Crippen MR) is 176 cm³/mol. The fourth-order valence-electron chi connectivity index (χ4n) is 6.30. The van der Waals surface area contributed by atoms with E-state index in [0.717, 1.165) is 0 Å². The molecule has 0 bridgehead atoms. The fourth-order valence-corrected chi connectivity index (χ4v) is 7.68. The Bertz CT molecular complexity index is 2220. The van der Waals surface area contributed by atoms with Crippen molar-refractivity contribution in [3.05, 3.63) is 121 Å². The van der Waals surface area contributed by atoms with Gasteiger partial charge in [0.1, 0.15) is 0 Å². The van der Waals surface area contributed by atoms with Gasteiger partial charge in [0.2, 0.25) is 0 Å². The zero-order valence-corrected chi connectivity index (χ0v) is 23.7. The monoisotopic (exact) mass is 531 g/mol. The molecule has 40 heavy (non-hydrogen) atoms. The lowest BCUT2D eigenvalue weighted by Gasteiger charge is -2.19. The van der Waals surface area contributed by atoms with E-state index >= 15 is 0 Å². The Morgan fingerprint density at radius 3 is 2.00 bits per heavy atom. The molecule has 6 aromatic carbocycles. The van der Waals surface area contributed by atoms with Crippen molar-refractivity contribution < 1.29 is 0 Å². The van der Waals surface area contributed by atoms with E-state index < -0.39 is 0 Å². The topological polar surface area (TPSA) is 15.8 Å². The minimum Gasteiger partial charge on any atom is -0.354 e. The van der Waals surface area contributed by atoms with Crippen molar-refractivity contribution >= 4 is 64.1 Å². The van der Waals surface area contributed by atoms with E-state index in [-0.39, 0.29) is 5.41 Å². The minimum absolute atomic E-state index is 0.141. The van der Waals surface area contributed by atoms with Gasteiger partial charge in [0, 0.05) is 47.2 Å². The van der Waals surface area contributed by atoms with Crippen molar-refractivity contribution in [1.82, 2.24) is 4.98 Å². The van der Waals surface area contributed by atoms with E-state index in [9.17, 15) is 0 Å². The Hall–Kier alpha value is -4.40. The Morgan fingerprint density at radius 1 is 0.525 bits per heavy atom. The number of hydrogen-bond donors (Lipinski definition) is 1. The van der Waals surface area contributed by atoms with Crippen LogP contribution in [0.1, 0.15) is 26.3 Å². The Balaban J connectivity index is 1.46. The number of benzene rings is 6. The molecule has 8 aromatic rings. The summed E-state index contributed by atoms with van der Waals surface area (Å²) in [6, 6.07) is 42.4. The second kappa shape index (κ2) is 8.55. The third kappa shape index (κ3) is 3.46. The van der Waals surface area contributed by atoms with Gasteiger partial charge in [-0.25, -0.2) is 0 Å². The van der Waals surface area contributed by atoms with Crippen LogP contribution in [0.5, 0.6) is 0 Å². The number of thiophene rings is 1. The molecule has 0 unspecified atom stereocenters. The normalized spacial score (nSPS) is 12.4. The van der Waals surface area contributed by atoms with E-state index in [0.29, 0.717) is 0 Å². The lowest BCUT2D eigenvalue weighted by Crippen LogP contribution is -2.10. The first-order valence-electron chi connectivity index (χ1n) is 13.9. The van der Waals surface area contributed by atoms with Crippen LogP contribution in [-0.4, -0.2) is 4.98 Å². The average Bonchev–Trinajstić information content (AvgIpc) is 3.56. The molecule has 0 atom stereocenters. The van der Waals surface area contributed by atoms with E-state index in [1.165, 1.54) is 80.6 Å². The fraction of sp³-hybridized carbons (Fsp3) is 0.105. The van der Waals surface area contributed by atoms with Crippen molar-refractivity contribution in [3.8, 4) is 22.3 Å². The summed E-state index contributed by atoms with van der Waals surface area (Å²) in [5.74, 6) is 0. The lowest BCUT2D eigenvalue weighted by atomic mass is 9.86. The molecule has 0 fully saturated rings. The summed E-state index contributed by atoms with van der Waals surface area (Å²) < 4.78 is 2.72. The van der Waals surface area contributed by atoms with Crippen molar-refractivity contribution in [1.29, 1.82) is 0 Å². The van der Waals surface area contributed by atoms with Gasteiger partial charge in [-0.05, 0) is 39.3 Å². The maximum absolute atomic E-state index is 3.85. The van der Waals surface area contributed by atoms with Crippen molar-refractivity contribution in [2.45, 2.75) is 26.2 Å². The van der Waals surface area contributed by atoms with Crippen LogP contribution >= 0.6 is 11.3 Å². The minimum atomic E-state index is 0.141. The largest absolute Gasteiger partial charge is 0.354 e. The van der Waals surface area contributed by atoms with Gasteiger partial charge in [0.05, 0.1) is 5.52 Å². The Kier molecular flexibility index (Phi) is 5.02. The number of fused-ring (bicyclic) bond motifs is 10. The maximum atomic E-state index is 3.85. The summed E-state index contributed by atoms with van der Waals surface area (Å²) >= 11 is 1.94. The quantitative estimate of drug-likeness (QED) is 0.228. The van der Waals surface area contributed by atoms with E-state index in [2.05, 4.69) is 141 Å². The van der Waals surface area contributed by atoms with Crippen LogP contribution in [0.2, 0.25) is 0 Å². The van der Waals surface area contributed by atoms with Crippen molar-refractivity contribution in [3.63, 3.8) is 0 Å². The lowest BCUT2D eigenvalue weighted by molar-refractivity contribution is 0.590. The summed E-state index contributed by atoms with van der Waals surface area (Å²) in [6.45, 7) is 6.82. The van der Waals surface area contributed by atoms with E-state index in [1.807, 2.05) is 11.3 Å². The average molecular weight is 532 g/mol. The summed E-state index contributed by atoms with van der Waals surface area (Å²) in [5, 5.41) is 7.90. The van der Waals surface area contributed by atoms with Gasteiger partial charge in [0.25, 0.3) is 0 Å². The highest BCUT2D eigenvalue weighted by molar-refractivity contribution is 7.27. The second-order valence-corrected chi connectivity index (χ2v) is 12.9. The summed E-state index contributed by atoms with van der Waals surface area (Å²) in [5.41, 5.74) is 8.96. The molecule has 0 aliphatic carbocycles. The van der Waals surface area contributed by atoms with Crippen LogP contribution in [0, 0.1) is 0 Å². The molecule has 2 heteroatoms. The van der Waals surface area contributed by atoms with Crippen molar-refractivity contribution in [2.75, 3.05) is 0 Å². The van der Waals surface area contributed by atoms with Crippen LogP contribution < -0.4 is 0 Å². The van der Waals surface area contributed by atoms with E-state index in [1.54, 1.807) is 0 Å². The van der Waals surface area contributed by atoms with Crippen LogP contribution in [-0.2, 0) is 5.41 Å². The van der Waals surface area contributed by atoms with Gasteiger partial charge in [-0.2, -0.15) is 0 Å². The summed E-state index contributed by atoms with van der Waals surface area (Å²) in [6.07, 6.45) is 0. The van der Waals surface area contributed by atoms with Crippen LogP contribution in [0.4, 0.5) is 0 Å². The molecular formula is C38H29NS. The zero-order valence-electron chi connectivity index (χ0n) is 22.9. The number of H-pyrrole nitrogens is 1. The molecular weight excluding hydrogens is 502 g/mol. The van der Waals surface area contributed by atoms with Gasteiger partial charge in [-0.3, -0.25) is 0 Å². The highest BCUT2D eigenvalue weighted by Crippen LogP contribution is 2.48. The molecule has 0 amide bonds. The zero-order chi connectivity index (χ0) is 27.0. The number of hydrogen-bond acceptors (Lipinski definition) is 1. The summed E-state index contributed by atoms with van der Waals surface area (Å²) in [4.78, 5) is 3.85. The van der Waals surface area contributed by atoms with Gasteiger partial charge in [0.15, 0.2) is 0 Å². The Morgan fingerprint density at radius 2 is 1.23 bits per heavy atom. The SMILES string of the molecule is CC(C)(C)c1ccc(-c2cccc3c2sc2c4ccccc4c4[nH]c5cc(-c6ccccc6)ccc5c4c32)cc1. The molecule has 1 N–H and O–H groups in total. The summed E-state index contributed by atoms with van der Waals surface area (Å²) in [7, 11) is 0. The molecule has 2 aromatic heterocycles. The highest BCUT2D eigenvalue weighted by atomic mass is 32.1. The van der Waals surface area contributed by atoms with Gasteiger partial charge in [-0.15, -0.1) is 11.3 Å². The molecule has 1 nitrogen and oxygen atoms in total. The Labute approximate surface area is 237 Å². The highest BCUT2D eigenvalue weighted by Gasteiger charge is 2.20. The third-order valence-electron chi connectivity index (χ3n) is 8.37. The van der Waals surface area contributed by atoms with Gasteiger partial charge in [-0.1, -0.05) is 130 Å². The number of rotatable bonds is 2. The predicted octanol–water partition coefficient (Wildman–Crippen LogP) is 11.5. The second-order valence-electron chi connectivity index (χ2n) is 11.9. The number of aromatic amines is 1. The first-order chi connectivity index (χ1) is 19.5. The molecule has 0 saturated heterocycles. The molecule has 2 heterocycles. The third-order valence-corrected chi connectivity index (χ3v) is 9.65. The molecule has 0 saturated carbocycles. The van der Waals surface area contributed by atoms with Gasteiger partial charge < -0.3 is 4.98 Å². The molecule has 8 rings (SSSR count). The van der Waals surface area contributed by atoms with Crippen molar-refractivity contribution in [2.24, 2.45) is 0 Å². The van der Waals surface area contributed by atoms with Crippen LogP contribution in [0.25, 0.3) is 75.0 Å². The van der Waals surface area contributed by atoms with E-state index in [4.69, 9.17) is 0 Å². The van der Waals surface area contributed by atoms with Gasteiger partial charge >= 0.3 is 0 Å². The first-order valence-corrected chi connectivity index (χ1v) is 14.8. The first kappa shape index (κ1) is 23.5. The van der Waals surface area contributed by atoms with Crippen LogP contribution in [0.15, 0.2) is 115 Å². The smallest absolute Gasteiger partial charge is 0.0551 e. The maximum Gasteiger partial charge on any atom is 0.0551 e. The number of nitrogens with one attached hydrogen (secondary N) is 1. The molecule has 192 valence electrons. The standard InChI is InChI=1S/C38H29NS/c1-38(2,3)26-19-16-24(17-20-26)27-14-9-15-31-34-33-30-21-18-25(23-10-5-4-6-11-23)22-32(30)39-35(33)28-12-7-8-13-29(28)37(34)40-36(27)31/h4-22,39H,1-3H3.